The Kier molecular flexibility index (Phi) is 4.89. The lowest BCUT2D eigenvalue weighted by Crippen LogP contribution is -2.10. The Hall–Kier alpha value is -2.62. The smallest absolute Gasteiger partial charge is 0.153 e. The second kappa shape index (κ2) is 7.09. The van der Waals surface area contributed by atoms with Crippen LogP contribution in [0.1, 0.15) is 20.7 Å². The third kappa shape index (κ3) is 3.68. The van der Waals surface area contributed by atoms with E-state index in [9.17, 15) is 9.59 Å². The molecule has 0 bridgehead atoms. The van der Waals surface area contributed by atoms with E-state index in [2.05, 4.69) is 0 Å². The summed E-state index contributed by atoms with van der Waals surface area (Å²) < 4.78 is 11.0. The van der Waals surface area contributed by atoms with Gasteiger partial charge in [0.1, 0.15) is 31.0 Å². The Morgan fingerprint density at radius 1 is 0.850 bits per heavy atom. The van der Waals surface area contributed by atoms with Crippen LogP contribution in [0.5, 0.6) is 11.5 Å². The molecule has 0 N–H and O–H groups in total. The Balaban J connectivity index is 1.84. The molecule has 2 rings (SSSR count). The lowest BCUT2D eigenvalue weighted by molar-refractivity contribution is 0.111. The largest absolute Gasteiger partial charge is 0.490 e. The molecule has 0 amide bonds. The fourth-order valence-electron chi connectivity index (χ4n) is 1.70. The fourth-order valence-corrected chi connectivity index (χ4v) is 1.70. The van der Waals surface area contributed by atoms with Crippen LogP contribution in [0.3, 0.4) is 0 Å². The second-order valence-corrected chi connectivity index (χ2v) is 4.04. The van der Waals surface area contributed by atoms with Crippen LogP contribution in [0.15, 0.2) is 48.5 Å². The lowest BCUT2D eigenvalue weighted by atomic mass is 10.2. The Morgan fingerprint density at radius 3 is 2.45 bits per heavy atom. The van der Waals surface area contributed by atoms with Crippen molar-refractivity contribution >= 4 is 12.6 Å². The molecule has 4 nitrogen and oxygen atoms in total. The zero-order chi connectivity index (χ0) is 14.2. The van der Waals surface area contributed by atoms with Gasteiger partial charge in [-0.15, -0.1) is 0 Å². The summed E-state index contributed by atoms with van der Waals surface area (Å²) in [5.41, 5.74) is 1.07. The molecule has 4 heteroatoms. The number of carbonyl (C=O) groups is 2. The summed E-state index contributed by atoms with van der Waals surface area (Å²) in [6.07, 6.45) is 1.52. The highest BCUT2D eigenvalue weighted by atomic mass is 16.5. The molecule has 0 aliphatic carbocycles. The van der Waals surface area contributed by atoms with Gasteiger partial charge in [-0.05, 0) is 24.3 Å². The van der Waals surface area contributed by atoms with E-state index in [-0.39, 0.29) is 0 Å². The van der Waals surface area contributed by atoms with Crippen molar-refractivity contribution in [3.8, 4) is 11.5 Å². The molecule has 0 heterocycles. The number of benzene rings is 2. The average Bonchev–Trinajstić information content (AvgIpc) is 2.52. The Bertz CT molecular complexity index is 593. The highest BCUT2D eigenvalue weighted by Crippen LogP contribution is 2.16. The number of aldehydes is 2. The summed E-state index contributed by atoms with van der Waals surface area (Å²) in [6, 6.07) is 13.9. The van der Waals surface area contributed by atoms with Crippen LogP contribution < -0.4 is 9.47 Å². The molecular weight excluding hydrogens is 256 g/mol. The molecule has 102 valence electrons. The SMILES string of the molecule is O=Cc1cccc(OCCOc2ccccc2C=O)c1. The number of para-hydroxylation sites is 1. The highest BCUT2D eigenvalue weighted by molar-refractivity contribution is 5.79. The van der Waals surface area contributed by atoms with Crippen molar-refractivity contribution in [2.45, 2.75) is 0 Å². The minimum atomic E-state index is 0.316. The van der Waals surface area contributed by atoms with Crippen molar-refractivity contribution < 1.29 is 19.1 Å². The summed E-state index contributed by atoms with van der Waals surface area (Å²) >= 11 is 0. The molecule has 2 aromatic rings. The Labute approximate surface area is 116 Å². The maximum Gasteiger partial charge on any atom is 0.153 e. The normalized spacial score (nSPS) is 9.80. The van der Waals surface area contributed by atoms with Crippen molar-refractivity contribution in [3.05, 3.63) is 59.7 Å². The van der Waals surface area contributed by atoms with Crippen molar-refractivity contribution in [1.29, 1.82) is 0 Å². The molecule has 0 atom stereocenters. The van der Waals surface area contributed by atoms with Gasteiger partial charge in [-0.3, -0.25) is 9.59 Å². The quantitative estimate of drug-likeness (QED) is 0.573. The third-order valence-electron chi connectivity index (χ3n) is 2.65. The van der Waals surface area contributed by atoms with E-state index < -0.39 is 0 Å². The second-order valence-electron chi connectivity index (χ2n) is 4.04. The first-order valence-corrected chi connectivity index (χ1v) is 6.18. The molecule has 0 spiro atoms. The molecule has 0 aromatic heterocycles. The summed E-state index contributed by atoms with van der Waals surface area (Å²) in [6.45, 7) is 0.645. The van der Waals surface area contributed by atoms with Gasteiger partial charge in [-0.1, -0.05) is 24.3 Å². The maximum atomic E-state index is 10.8. The maximum absolute atomic E-state index is 10.8. The van der Waals surface area contributed by atoms with Gasteiger partial charge in [0.15, 0.2) is 6.29 Å². The number of hydrogen-bond donors (Lipinski definition) is 0. The zero-order valence-electron chi connectivity index (χ0n) is 10.8. The van der Waals surface area contributed by atoms with Gasteiger partial charge in [0.25, 0.3) is 0 Å². The van der Waals surface area contributed by atoms with Gasteiger partial charge in [-0.25, -0.2) is 0 Å². The van der Waals surface area contributed by atoms with Crippen LogP contribution in [-0.2, 0) is 0 Å². The monoisotopic (exact) mass is 270 g/mol. The van der Waals surface area contributed by atoms with E-state index >= 15 is 0 Å². The molecular formula is C16H14O4. The zero-order valence-corrected chi connectivity index (χ0v) is 10.8. The van der Waals surface area contributed by atoms with Crippen LogP contribution in [0, 0.1) is 0 Å². The van der Waals surface area contributed by atoms with Gasteiger partial charge in [0.05, 0.1) is 5.56 Å². The van der Waals surface area contributed by atoms with E-state index in [0.717, 1.165) is 12.6 Å². The van der Waals surface area contributed by atoms with E-state index in [1.54, 1.807) is 48.5 Å². The van der Waals surface area contributed by atoms with Gasteiger partial charge in [-0.2, -0.15) is 0 Å². The van der Waals surface area contributed by atoms with Crippen molar-refractivity contribution in [3.63, 3.8) is 0 Å². The molecule has 0 fully saturated rings. The molecule has 0 aliphatic heterocycles. The number of rotatable bonds is 7. The minimum absolute atomic E-state index is 0.316. The predicted octanol–water partition coefficient (Wildman–Crippen LogP) is 2.77. The first-order valence-electron chi connectivity index (χ1n) is 6.18. The summed E-state index contributed by atoms with van der Waals surface area (Å²) in [4.78, 5) is 21.4. The molecule has 0 unspecified atom stereocenters. The fraction of sp³-hybridized carbons (Fsp3) is 0.125. The highest BCUT2D eigenvalue weighted by Gasteiger charge is 2.01. The van der Waals surface area contributed by atoms with Crippen LogP contribution in [0.2, 0.25) is 0 Å². The van der Waals surface area contributed by atoms with E-state index in [1.165, 1.54) is 0 Å². The van der Waals surface area contributed by atoms with E-state index in [0.29, 0.717) is 35.8 Å². The van der Waals surface area contributed by atoms with E-state index in [1.807, 2.05) is 0 Å². The standard InChI is InChI=1S/C16H14O4/c17-11-13-4-3-6-15(10-13)19-8-9-20-16-7-2-1-5-14(16)12-18/h1-7,10-12H,8-9H2. The van der Waals surface area contributed by atoms with Crippen LogP contribution in [0.25, 0.3) is 0 Å². The average molecular weight is 270 g/mol. The third-order valence-corrected chi connectivity index (χ3v) is 2.65. The molecule has 0 radical (unpaired) electrons. The van der Waals surface area contributed by atoms with Crippen LogP contribution in [-0.4, -0.2) is 25.8 Å². The van der Waals surface area contributed by atoms with Crippen molar-refractivity contribution in [2.24, 2.45) is 0 Å². The molecule has 2 aromatic carbocycles. The summed E-state index contributed by atoms with van der Waals surface area (Å²) in [5, 5.41) is 0. The number of hydrogen-bond acceptors (Lipinski definition) is 4. The Morgan fingerprint density at radius 2 is 1.65 bits per heavy atom. The van der Waals surface area contributed by atoms with Gasteiger partial charge >= 0.3 is 0 Å². The summed E-state index contributed by atoms with van der Waals surface area (Å²) in [7, 11) is 0. The van der Waals surface area contributed by atoms with Crippen LogP contribution in [0.4, 0.5) is 0 Å². The van der Waals surface area contributed by atoms with Crippen molar-refractivity contribution in [1.82, 2.24) is 0 Å². The predicted molar refractivity (Wildman–Crippen MR) is 74.6 cm³/mol. The number of ether oxygens (including phenoxy) is 2. The van der Waals surface area contributed by atoms with E-state index in [4.69, 9.17) is 9.47 Å². The first kappa shape index (κ1) is 13.8. The minimum Gasteiger partial charge on any atom is -0.490 e. The molecule has 0 aliphatic rings. The molecule has 0 saturated heterocycles. The van der Waals surface area contributed by atoms with Gasteiger partial charge < -0.3 is 9.47 Å². The lowest BCUT2D eigenvalue weighted by Gasteiger charge is -2.09. The topological polar surface area (TPSA) is 52.6 Å². The molecule has 0 saturated carbocycles. The molecule has 20 heavy (non-hydrogen) atoms. The first-order chi connectivity index (χ1) is 9.83. The van der Waals surface area contributed by atoms with Crippen LogP contribution >= 0.6 is 0 Å². The van der Waals surface area contributed by atoms with Crippen molar-refractivity contribution in [2.75, 3.05) is 13.2 Å². The van der Waals surface area contributed by atoms with Gasteiger partial charge in [0, 0.05) is 5.56 Å². The van der Waals surface area contributed by atoms with Gasteiger partial charge in [0.2, 0.25) is 0 Å². The number of carbonyl (C=O) groups excluding carboxylic acids is 2. The summed E-state index contributed by atoms with van der Waals surface area (Å²) in [5.74, 6) is 1.15.